The summed E-state index contributed by atoms with van der Waals surface area (Å²) in [7, 11) is 4.01. The second-order valence-corrected chi connectivity index (χ2v) is 6.72. The standard InChI is InChI=1S/C21H25N3O/c1-24(2)19-12-10-16(11-13-19)15-22-23-21(25)14-18-8-5-7-17-6-3-4-9-20(17)18/h5,7-8,10-13,15H,3-4,6,9,14H2,1-2H3,(H,23,25)/b22-15-. The Balaban J connectivity index is 1.58. The van der Waals surface area contributed by atoms with Crippen LogP contribution >= 0.6 is 0 Å². The molecule has 1 aliphatic rings. The summed E-state index contributed by atoms with van der Waals surface area (Å²) in [6.45, 7) is 0. The maximum atomic E-state index is 12.2. The van der Waals surface area contributed by atoms with Gasteiger partial charge in [-0.05, 0) is 60.1 Å². The number of hydrazone groups is 1. The first-order valence-electron chi connectivity index (χ1n) is 8.82. The van der Waals surface area contributed by atoms with E-state index in [-0.39, 0.29) is 5.91 Å². The van der Waals surface area contributed by atoms with Crippen LogP contribution in [0.3, 0.4) is 0 Å². The van der Waals surface area contributed by atoms with Crippen molar-refractivity contribution in [2.75, 3.05) is 19.0 Å². The van der Waals surface area contributed by atoms with Crippen LogP contribution < -0.4 is 10.3 Å². The average Bonchev–Trinajstić information content (AvgIpc) is 2.62. The highest BCUT2D eigenvalue weighted by atomic mass is 16.2. The van der Waals surface area contributed by atoms with Crippen molar-refractivity contribution in [2.45, 2.75) is 32.1 Å². The summed E-state index contributed by atoms with van der Waals surface area (Å²) >= 11 is 0. The lowest BCUT2D eigenvalue weighted by molar-refractivity contribution is -0.120. The van der Waals surface area contributed by atoms with E-state index in [1.807, 2.05) is 43.3 Å². The van der Waals surface area contributed by atoms with E-state index >= 15 is 0 Å². The van der Waals surface area contributed by atoms with Crippen molar-refractivity contribution in [3.63, 3.8) is 0 Å². The number of hydrogen-bond acceptors (Lipinski definition) is 3. The highest BCUT2D eigenvalue weighted by molar-refractivity contribution is 5.83. The number of aryl methyl sites for hydroxylation is 1. The minimum atomic E-state index is -0.0693. The second kappa shape index (κ2) is 7.97. The molecule has 0 saturated carbocycles. The van der Waals surface area contributed by atoms with Gasteiger partial charge in [-0.3, -0.25) is 4.79 Å². The van der Waals surface area contributed by atoms with Gasteiger partial charge in [0.05, 0.1) is 12.6 Å². The molecule has 2 aromatic carbocycles. The molecule has 4 heteroatoms. The van der Waals surface area contributed by atoms with Crippen molar-refractivity contribution in [2.24, 2.45) is 5.10 Å². The van der Waals surface area contributed by atoms with E-state index in [1.54, 1.807) is 6.21 Å². The van der Waals surface area contributed by atoms with Crippen LogP contribution in [-0.2, 0) is 24.1 Å². The minimum Gasteiger partial charge on any atom is -0.378 e. The number of carbonyl (C=O) groups is 1. The van der Waals surface area contributed by atoms with Crippen LogP contribution in [0.25, 0.3) is 0 Å². The van der Waals surface area contributed by atoms with Crippen LogP contribution in [0.2, 0.25) is 0 Å². The molecule has 0 saturated heterocycles. The first kappa shape index (κ1) is 17.2. The molecule has 0 radical (unpaired) electrons. The summed E-state index contributed by atoms with van der Waals surface area (Å²) in [5, 5.41) is 4.09. The fourth-order valence-electron chi connectivity index (χ4n) is 3.28. The molecule has 1 aliphatic carbocycles. The average molecular weight is 335 g/mol. The summed E-state index contributed by atoms with van der Waals surface area (Å²) in [6, 6.07) is 14.3. The number of carbonyl (C=O) groups excluding carboxylic acids is 1. The monoisotopic (exact) mass is 335 g/mol. The Kier molecular flexibility index (Phi) is 5.49. The summed E-state index contributed by atoms with van der Waals surface area (Å²) in [5.41, 5.74) is 8.65. The van der Waals surface area contributed by atoms with Crippen LogP contribution in [0.15, 0.2) is 47.6 Å². The van der Waals surface area contributed by atoms with E-state index in [0.717, 1.165) is 29.7 Å². The van der Waals surface area contributed by atoms with Gasteiger partial charge in [0.15, 0.2) is 0 Å². The summed E-state index contributed by atoms with van der Waals surface area (Å²) in [5.74, 6) is -0.0693. The van der Waals surface area contributed by atoms with Crippen molar-refractivity contribution in [1.82, 2.24) is 5.43 Å². The van der Waals surface area contributed by atoms with E-state index in [0.29, 0.717) is 6.42 Å². The fourth-order valence-corrected chi connectivity index (χ4v) is 3.28. The maximum absolute atomic E-state index is 12.2. The van der Waals surface area contributed by atoms with Gasteiger partial charge >= 0.3 is 0 Å². The van der Waals surface area contributed by atoms with Crippen molar-refractivity contribution >= 4 is 17.8 Å². The van der Waals surface area contributed by atoms with Gasteiger partial charge in [0.2, 0.25) is 5.91 Å². The van der Waals surface area contributed by atoms with Gasteiger partial charge in [0.25, 0.3) is 0 Å². The normalized spacial score (nSPS) is 13.5. The number of amides is 1. The molecule has 25 heavy (non-hydrogen) atoms. The number of hydrogen-bond donors (Lipinski definition) is 1. The molecule has 0 bridgehead atoms. The summed E-state index contributed by atoms with van der Waals surface area (Å²) < 4.78 is 0. The predicted molar refractivity (Wildman–Crippen MR) is 103 cm³/mol. The second-order valence-electron chi connectivity index (χ2n) is 6.72. The van der Waals surface area contributed by atoms with E-state index in [1.165, 1.54) is 24.0 Å². The van der Waals surface area contributed by atoms with Gasteiger partial charge in [0.1, 0.15) is 0 Å². The number of benzene rings is 2. The van der Waals surface area contributed by atoms with Crippen LogP contribution in [0.4, 0.5) is 5.69 Å². The van der Waals surface area contributed by atoms with Crippen molar-refractivity contribution in [3.8, 4) is 0 Å². The SMILES string of the molecule is CN(C)c1ccc(/C=N\NC(=O)Cc2cccc3c2CCCC3)cc1. The third kappa shape index (κ3) is 4.47. The first-order valence-corrected chi connectivity index (χ1v) is 8.82. The Morgan fingerprint density at radius 3 is 2.64 bits per heavy atom. The number of nitrogens with zero attached hydrogens (tertiary/aromatic N) is 2. The van der Waals surface area contributed by atoms with Gasteiger partial charge in [0, 0.05) is 19.8 Å². The molecule has 0 aromatic heterocycles. The van der Waals surface area contributed by atoms with Crippen LogP contribution in [0, 0.1) is 0 Å². The molecule has 1 amide bonds. The Hall–Kier alpha value is -2.62. The summed E-state index contributed by atoms with van der Waals surface area (Å²) in [4.78, 5) is 14.2. The number of nitrogens with one attached hydrogen (secondary N) is 1. The lowest BCUT2D eigenvalue weighted by atomic mass is 9.87. The van der Waals surface area contributed by atoms with Crippen LogP contribution in [0.5, 0.6) is 0 Å². The molecule has 0 fully saturated rings. The molecule has 0 aliphatic heterocycles. The zero-order valence-corrected chi connectivity index (χ0v) is 15.0. The largest absolute Gasteiger partial charge is 0.378 e. The maximum Gasteiger partial charge on any atom is 0.244 e. The summed E-state index contributed by atoms with van der Waals surface area (Å²) in [6.07, 6.45) is 6.75. The molecular formula is C21H25N3O. The molecule has 0 spiro atoms. The topological polar surface area (TPSA) is 44.7 Å². The van der Waals surface area contributed by atoms with Crippen molar-refractivity contribution in [1.29, 1.82) is 0 Å². The zero-order valence-electron chi connectivity index (χ0n) is 15.0. The van der Waals surface area contributed by atoms with Gasteiger partial charge in [-0.15, -0.1) is 0 Å². The Labute approximate surface area is 149 Å². The number of fused-ring (bicyclic) bond motifs is 1. The highest BCUT2D eigenvalue weighted by Crippen LogP contribution is 2.24. The lowest BCUT2D eigenvalue weighted by Gasteiger charge is -2.18. The first-order chi connectivity index (χ1) is 12.1. The lowest BCUT2D eigenvalue weighted by Crippen LogP contribution is -2.21. The van der Waals surface area contributed by atoms with E-state index in [4.69, 9.17) is 0 Å². The van der Waals surface area contributed by atoms with Gasteiger partial charge in [-0.25, -0.2) is 5.43 Å². The zero-order chi connectivity index (χ0) is 17.6. The predicted octanol–water partition coefficient (Wildman–Crippen LogP) is 3.32. The van der Waals surface area contributed by atoms with Gasteiger partial charge in [-0.2, -0.15) is 5.10 Å². The third-order valence-electron chi connectivity index (χ3n) is 4.66. The van der Waals surface area contributed by atoms with Crippen LogP contribution in [0.1, 0.15) is 35.1 Å². The van der Waals surface area contributed by atoms with E-state index in [9.17, 15) is 4.79 Å². The number of rotatable bonds is 5. The molecule has 3 rings (SSSR count). The number of anilines is 1. The van der Waals surface area contributed by atoms with Crippen molar-refractivity contribution in [3.05, 3.63) is 64.7 Å². The quantitative estimate of drug-likeness (QED) is 0.673. The Morgan fingerprint density at radius 1 is 1.12 bits per heavy atom. The van der Waals surface area contributed by atoms with Crippen LogP contribution in [-0.4, -0.2) is 26.2 Å². The molecule has 2 aromatic rings. The smallest absolute Gasteiger partial charge is 0.244 e. The molecule has 0 heterocycles. The van der Waals surface area contributed by atoms with E-state index in [2.05, 4.69) is 28.7 Å². The minimum absolute atomic E-state index is 0.0693. The molecule has 0 atom stereocenters. The highest BCUT2D eigenvalue weighted by Gasteiger charge is 2.14. The molecule has 4 nitrogen and oxygen atoms in total. The van der Waals surface area contributed by atoms with Gasteiger partial charge < -0.3 is 4.90 Å². The molecular weight excluding hydrogens is 310 g/mol. The Bertz CT molecular complexity index is 763. The molecule has 130 valence electrons. The molecule has 1 N–H and O–H groups in total. The van der Waals surface area contributed by atoms with Crippen molar-refractivity contribution < 1.29 is 4.79 Å². The Morgan fingerprint density at radius 2 is 1.88 bits per heavy atom. The third-order valence-corrected chi connectivity index (χ3v) is 4.66. The van der Waals surface area contributed by atoms with Gasteiger partial charge in [-0.1, -0.05) is 30.3 Å². The fraction of sp³-hybridized carbons (Fsp3) is 0.333. The molecule has 0 unspecified atom stereocenters. The van der Waals surface area contributed by atoms with E-state index < -0.39 is 0 Å².